The maximum Gasteiger partial charge on any atom is 0.168 e. The minimum absolute atomic E-state index is 0.501. The molecule has 0 bridgehead atoms. The summed E-state index contributed by atoms with van der Waals surface area (Å²) in [7, 11) is -6.73. The second kappa shape index (κ2) is 11.9. The number of hydrogen-bond donors (Lipinski definition) is 0. The summed E-state index contributed by atoms with van der Waals surface area (Å²) in [6.45, 7) is 4.09. The van der Waals surface area contributed by atoms with E-state index >= 15 is 9.13 Å². The van der Waals surface area contributed by atoms with E-state index in [2.05, 4.69) is 6.08 Å². The first-order valence-corrected chi connectivity index (χ1v) is 17.2. The van der Waals surface area contributed by atoms with Gasteiger partial charge in [0.15, 0.2) is 14.3 Å². The van der Waals surface area contributed by atoms with Gasteiger partial charge in [-0.2, -0.15) is 0 Å². The van der Waals surface area contributed by atoms with E-state index in [0.717, 1.165) is 63.4 Å². The first-order valence-electron chi connectivity index (χ1n) is 13.8. The van der Waals surface area contributed by atoms with Crippen molar-refractivity contribution < 1.29 is 9.13 Å². The Balaban J connectivity index is 1.90. The lowest BCUT2D eigenvalue weighted by molar-refractivity contribution is 0.577. The monoisotopic (exact) mass is 550 g/mol. The molecule has 0 fully saturated rings. The zero-order valence-electron chi connectivity index (χ0n) is 22.7. The highest BCUT2D eigenvalue weighted by atomic mass is 31.2. The largest absolute Gasteiger partial charge is 0.313 e. The van der Waals surface area contributed by atoms with E-state index in [4.69, 9.17) is 0 Å². The van der Waals surface area contributed by atoms with Crippen LogP contribution in [0.2, 0.25) is 0 Å². The lowest BCUT2D eigenvalue weighted by Gasteiger charge is -2.38. The van der Waals surface area contributed by atoms with E-state index < -0.39 is 19.9 Å². The van der Waals surface area contributed by atoms with Gasteiger partial charge < -0.3 is 9.13 Å². The molecule has 1 aliphatic carbocycles. The van der Waals surface area contributed by atoms with Crippen molar-refractivity contribution in [1.82, 2.24) is 0 Å². The highest BCUT2D eigenvalue weighted by molar-refractivity contribution is 7.85. The van der Waals surface area contributed by atoms with E-state index in [1.807, 2.05) is 135 Å². The molecule has 5 rings (SSSR count). The molecule has 4 aromatic carbocycles. The molecule has 4 aromatic rings. The molecule has 0 N–H and O–H groups in total. The average Bonchev–Trinajstić information content (AvgIpc) is 3.01. The third-order valence-electron chi connectivity index (χ3n) is 7.67. The number of hydrogen-bond acceptors (Lipinski definition) is 2. The highest BCUT2D eigenvalue weighted by Crippen LogP contribution is 2.66. The quantitative estimate of drug-likeness (QED) is 0.164. The van der Waals surface area contributed by atoms with Gasteiger partial charge in [-0.3, -0.25) is 0 Å². The van der Waals surface area contributed by atoms with Crippen LogP contribution in [0.3, 0.4) is 0 Å². The first-order chi connectivity index (χ1) is 19.0. The minimum Gasteiger partial charge on any atom is -0.313 e. The molecule has 0 aliphatic heterocycles. The summed E-state index contributed by atoms with van der Waals surface area (Å²) in [5.41, 5.74) is 1.62. The number of benzene rings is 4. The van der Waals surface area contributed by atoms with Gasteiger partial charge in [0.2, 0.25) is 0 Å². The van der Waals surface area contributed by atoms with Crippen molar-refractivity contribution in [3.05, 3.63) is 144 Å². The van der Waals surface area contributed by atoms with Crippen LogP contribution < -0.4 is 21.2 Å². The van der Waals surface area contributed by atoms with Gasteiger partial charge >= 0.3 is 0 Å². The average molecular weight is 551 g/mol. The van der Waals surface area contributed by atoms with Gasteiger partial charge in [-0.05, 0) is 39.5 Å². The molecule has 0 radical (unpaired) electrons. The Kier molecular flexibility index (Phi) is 8.37. The summed E-state index contributed by atoms with van der Waals surface area (Å²) in [4.78, 5) is 0. The molecular weight excluding hydrogens is 514 g/mol. The summed E-state index contributed by atoms with van der Waals surface area (Å²) < 4.78 is 32.0. The van der Waals surface area contributed by atoms with Crippen LogP contribution >= 0.6 is 14.3 Å². The van der Waals surface area contributed by atoms with Gasteiger partial charge in [-0.15, -0.1) is 0 Å². The van der Waals surface area contributed by atoms with E-state index in [-0.39, 0.29) is 0 Å². The van der Waals surface area contributed by atoms with Gasteiger partial charge in [-0.25, -0.2) is 0 Å². The van der Waals surface area contributed by atoms with Crippen LogP contribution in [0.15, 0.2) is 144 Å². The third-order valence-corrected chi connectivity index (χ3v) is 14.8. The third kappa shape index (κ3) is 5.21. The van der Waals surface area contributed by atoms with Gasteiger partial charge in [0, 0.05) is 26.5 Å². The van der Waals surface area contributed by atoms with Crippen molar-refractivity contribution in [3.63, 3.8) is 0 Å². The number of allylic oxidation sites excluding steroid dienone is 4. The highest BCUT2D eigenvalue weighted by Gasteiger charge is 2.48. The molecule has 39 heavy (non-hydrogen) atoms. The lowest BCUT2D eigenvalue weighted by Crippen LogP contribution is -2.33. The van der Waals surface area contributed by atoms with Crippen molar-refractivity contribution in [2.75, 3.05) is 0 Å². The Morgan fingerprint density at radius 1 is 0.590 bits per heavy atom. The standard InChI is InChI=1S/C35H36O2P2/c1-28(2)34(38(36,30-20-10-4-11-21-30)31-22-12-5-13-23-31)35(29-18-8-3-9-19-29)39(37,32-24-14-6-15-25-32)33-26-16-7-17-27-33/h4-7,10-18,20-27,35H,3,8-9,19H2,1-2H3. The Morgan fingerprint density at radius 3 is 1.36 bits per heavy atom. The normalized spacial score (nSPS) is 14.8. The van der Waals surface area contributed by atoms with Crippen molar-refractivity contribution in [2.45, 2.75) is 45.2 Å². The predicted octanol–water partition coefficient (Wildman–Crippen LogP) is 8.18. The van der Waals surface area contributed by atoms with Crippen molar-refractivity contribution in [2.24, 2.45) is 0 Å². The lowest BCUT2D eigenvalue weighted by atomic mass is 9.96. The van der Waals surface area contributed by atoms with Crippen LogP contribution in [0.1, 0.15) is 39.5 Å². The van der Waals surface area contributed by atoms with Crippen LogP contribution in [0.4, 0.5) is 0 Å². The summed E-state index contributed by atoms with van der Waals surface area (Å²) in [5.74, 6) is 0. The number of rotatable bonds is 8. The Morgan fingerprint density at radius 2 is 1.00 bits per heavy atom. The maximum atomic E-state index is 16.1. The van der Waals surface area contributed by atoms with E-state index in [1.165, 1.54) is 0 Å². The molecule has 4 heteroatoms. The second-order valence-corrected chi connectivity index (χ2v) is 16.0. The molecule has 0 saturated carbocycles. The smallest absolute Gasteiger partial charge is 0.168 e. The molecule has 0 saturated heterocycles. The maximum absolute atomic E-state index is 16.1. The second-order valence-electron chi connectivity index (χ2n) is 10.4. The first kappa shape index (κ1) is 27.4. The zero-order valence-corrected chi connectivity index (χ0v) is 24.5. The van der Waals surface area contributed by atoms with Gasteiger partial charge in [0.05, 0.1) is 5.66 Å². The predicted molar refractivity (Wildman–Crippen MR) is 168 cm³/mol. The molecule has 1 aliphatic rings. The van der Waals surface area contributed by atoms with Crippen LogP contribution in [0, 0.1) is 0 Å². The Hall–Kier alpha value is -3.18. The van der Waals surface area contributed by atoms with Gasteiger partial charge in [0.25, 0.3) is 0 Å². The van der Waals surface area contributed by atoms with Gasteiger partial charge in [0.1, 0.15) is 0 Å². The molecular formula is C35H36O2P2. The van der Waals surface area contributed by atoms with Crippen LogP contribution in [-0.2, 0) is 9.13 Å². The fourth-order valence-corrected chi connectivity index (χ4v) is 13.5. The van der Waals surface area contributed by atoms with Gasteiger partial charge in [-0.1, -0.05) is 139 Å². The minimum atomic E-state index is -3.38. The van der Waals surface area contributed by atoms with Crippen LogP contribution in [-0.4, -0.2) is 5.66 Å². The molecule has 1 unspecified atom stereocenters. The Labute approximate surface area is 233 Å². The fourth-order valence-electron chi connectivity index (χ4n) is 5.90. The SMILES string of the molecule is CC(C)=C(C(C1=CCCCC1)P(=O)(c1ccccc1)c1ccccc1)P(=O)(c1ccccc1)c1ccccc1. The molecule has 2 nitrogen and oxygen atoms in total. The van der Waals surface area contributed by atoms with E-state index in [9.17, 15) is 0 Å². The summed E-state index contributed by atoms with van der Waals surface area (Å²) in [6.07, 6.45) is 6.26. The molecule has 0 amide bonds. The molecule has 0 heterocycles. The zero-order chi connectivity index (χ0) is 27.3. The molecule has 0 spiro atoms. The summed E-state index contributed by atoms with van der Waals surface area (Å²) in [6, 6.07) is 39.4. The van der Waals surface area contributed by atoms with Crippen LogP contribution in [0.5, 0.6) is 0 Å². The molecule has 0 aromatic heterocycles. The summed E-state index contributed by atoms with van der Waals surface area (Å²) >= 11 is 0. The summed E-state index contributed by atoms with van der Waals surface area (Å²) in [5, 5.41) is 3.98. The molecule has 198 valence electrons. The van der Waals surface area contributed by atoms with E-state index in [0.29, 0.717) is 0 Å². The van der Waals surface area contributed by atoms with Crippen molar-refractivity contribution in [1.29, 1.82) is 0 Å². The van der Waals surface area contributed by atoms with Crippen molar-refractivity contribution in [3.8, 4) is 0 Å². The van der Waals surface area contributed by atoms with Crippen LogP contribution in [0.25, 0.3) is 0 Å². The fraction of sp³-hybridized carbons (Fsp3) is 0.200. The van der Waals surface area contributed by atoms with E-state index in [1.54, 1.807) is 0 Å². The molecule has 1 atom stereocenters. The Bertz CT molecular complexity index is 1470. The topological polar surface area (TPSA) is 34.1 Å². The van der Waals surface area contributed by atoms with Crippen molar-refractivity contribution >= 4 is 35.5 Å².